The molecule has 0 spiro atoms. The average Bonchev–Trinajstić information content (AvgIpc) is 3.36. The molecule has 0 unspecified atom stereocenters. The van der Waals surface area contributed by atoms with E-state index in [1.165, 1.54) is 12.3 Å². The molecule has 3 aromatic heterocycles. The van der Waals surface area contributed by atoms with Crippen molar-refractivity contribution >= 4 is 11.8 Å². The molecule has 0 aliphatic heterocycles. The standard InChI is InChI=1S/C25H23N5O4/c1-33-21-8-6-18(7-9-21)14-28-24(31)23-12-22(34-29-23)17-30(16-19-4-2-10-26-13-19)25(32)20-5-3-11-27-15-20/h2-13,15H,14,16-17H2,1H3,(H,28,31). The molecule has 9 nitrogen and oxygen atoms in total. The Morgan fingerprint density at radius 2 is 1.74 bits per heavy atom. The van der Waals surface area contributed by atoms with Gasteiger partial charge in [0.1, 0.15) is 5.75 Å². The summed E-state index contributed by atoms with van der Waals surface area (Å²) in [6, 6.07) is 16.0. The van der Waals surface area contributed by atoms with Crippen molar-refractivity contribution < 1.29 is 18.8 Å². The Morgan fingerprint density at radius 1 is 0.971 bits per heavy atom. The lowest BCUT2D eigenvalue weighted by Crippen LogP contribution is -2.30. The summed E-state index contributed by atoms with van der Waals surface area (Å²) in [6.07, 6.45) is 6.48. The number of amides is 2. The molecule has 2 amide bonds. The molecule has 4 aromatic rings. The lowest BCUT2D eigenvalue weighted by Gasteiger charge is -2.21. The molecule has 1 N–H and O–H groups in total. The fourth-order valence-electron chi connectivity index (χ4n) is 3.28. The van der Waals surface area contributed by atoms with E-state index in [0.717, 1.165) is 16.9 Å². The summed E-state index contributed by atoms with van der Waals surface area (Å²) in [5.41, 5.74) is 2.36. The van der Waals surface area contributed by atoms with Gasteiger partial charge >= 0.3 is 0 Å². The van der Waals surface area contributed by atoms with Crippen LogP contribution in [0.4, 0.5) is 0 Å². The minimum atomic E-state index is -0.372. The summed E-state index contributed by atoms with van der Waals surface area (Å²) in [4.78, 5) is 35.4. The van der Waals surface area contributed by atoms with Crippen LogP contribution in [0.1, 0.15) is 37.7 Å². The number of aromatic nitrogens is 3. The molecule has 0 atom stereocenters. The van der Waals surface area contributed by atoms with Crippen LogP contribution in [0.25, 0.3) is 0 Å². The molecule has 172 valence electrons. The van der Waals surface area contributed by atoms with E-state index in [2.05, 4.69) is 20.4 Å². The molecule has 9 heteroatoms. The first-order valence-corrected chi connectivity index (χ1v) is 10.6. The Balaban J connectivity index is 1.43. The smallest absolute Gasteiger partial charge is 0.273 e. The van der Waals surface area contributed by atoms with Crippen LogP contribution in [0.5, 0.6) is 5.75 Å². The number of nitrogens with one attached hydrogen (secondary N) is 1. The number of ether oxygens (including phenoxy) is 1. The van der Waals surface area contributed by atoms with Crippen molar-refractivity contribution in [1.29, 1.82) is 0 Å². The number of pyridine rings is 2. The van der Waals surface area contributed by atoms with Gasteiger partial charge in [-0.05, 0) is 41.5 Å². The van der Waals surface area contributed by atoms with Gasteiger partial charge in [-0.1, -0.05) is 23.4 Å². The second-order valence-electron chi connectivity index (χ2n) is 7.47. The Labute approximate surface area is 196 Å². The molecule has 34 heavy (non-hydrogen) atoms. The van der Waals surface area contributed by atoms with E-state index in [1.807, 2.05) is 36.4 Å². The van der Waals surface area contributed by atoms with Crippen LogP contribution in [-0.2, 0) is 19.6 Å². The highest BCUT2D eigenvalue weighted by Crippen LogP contribution is 2.15. The summed E-state index contributed by atoms with van der Waals surface area (Å²) in [7, 11) is 1.60. The molecule has 0 saturated carbocycles. The van der Waals surface area contributed by atoms with E-state index in [-0.39, 0.29) is 24.1 Å². The van der Waals surface area contributed by atoms with E-state index in [0.29, 0.717) is 24.4 Å². The first-order chi connectivity index (χ1) is 16.6. The first-order valence-electron chi connectivity index (χ1n) is 10.6. The first kappa shape index (κ1) is 22.7. The predicted molar refractivity (Wildman–Crippen MR) is 123 cm³/mol. The normalized spacial score (nSPS) is 10.5. The summed E-state index contributed by atoms with van der Waals surface area (Å²) in [5, 5.41) is 6.69. The van der Waals surface area contributed by atoms with Gasteiger partial charge in [-0.2, -0.15) is 0 Å². The van der Waals surface area contributed by atoms with Gasteiger partial charge in [0, 0.05) is 43.9 Å². The molecular formula is C25H23N5O4. The van der Waals surface area contributed by atoms with Crippen molar-refractivity contribution in [3.8, 4) is 5.75 Å². The maximum Gasteiger partial charge on any atom is 0.273 e. The second kappa shape index (κ2) is 10.9. The summed E-state index contributed by atoms with van der Waals surface area (Å²) in [5.74, 6) is 0.533. The summed E-state index contributed by atoms with van der Waals surface area (Å²) in [6.45, 7) is 0.764. The van der Waals surface area contributed by atoms with Gasteiger partial charge in [0.15, 0.2) is 11.5 Å². The fourth-order valence-corrected chi connectivity index (χ4v) is 3.28. The molecule has 0 aliphatic carbocycles. The highest BCUT2D eigenvalue weighted by Gasteiger charge is 2.20. The lowest BCUT2D eigenvalue weighted by molar-refractivity contribution is 0.0712. The maximum absolute atomic E-state index is 13.1. The van der Waals surface area contributed by atoms with Crippen molar-refractivity contribution in [1.82, 2.24) is 25.3 Å². The Kier molecular flexibility index (Phi) is 7.24. The third-order valence-corrected chi connectivity index (χ3v) is 5.04. The molecule has 0 fully saturated rings. The molecule has 0 bridgehead atoms. The highest BCUT2D eigenvalue weighted by atomic mass is 16.5. The molecule has 0 saturated heterocycles. The maximum atomic E-state index is 13.1. The molecular weight excluding hydrogens is 434 g/mol. The number of hydrogen-bond donors (Lipinski definition) is 1. The van der Waals surface area contributed by atoms with Crippen LogP contribution in [-0.4, -0.2) is 38.9 Å². The van der Waals surface area contributed by atoms with Crippen molar-refractivity contribution in [3.05, 3.63) is 108 Å². The highest BCUT2D eigenvalue weighted by molar-refractivity contribution is 5.94. The SMILES string of the molecule is COc1ccc(CNC(=O)c2cc(CN(Cc3cccnc3)C(=O)c3cccnc3)on2)cc1. The van der Waals surface area contributed by atoms with Crippen LogP contribution >= 0.6 is 0 Å². The Morgan fingerprint density at radius 3 is 2.41 bits per heavy atom. The number of carbonyl (C=O) groups is 2. The van der Waals surface area contributed by atoms with Gasteiger partial charge in [0.05, 0.1) is 19.2 Å². The molecule has 0 aliphatic rings. The van der Waals surface area contributed by atoms with Crippen molar-refractivity contribution in [3.63, 3.8) is 0 Å². The minimum Gasteiger partial charge on any atom is -0.497 e. The lowest BCUT2D eigenvalue weighted by atomic mass is 10.2. The van der Waals surface area contributed by atoms with E-state index < -0.39 is 0 Å². The Hall–Kier alpha value is -4.53. The zero-order chi connectivity index (χ0) is 23.8. The van der Waals surface area contributed by atoms with Crippen molar-refractivity contribution in [2.24, 2.45) is 0 Å². The van der Waals surface area contributed by atoms with Gasteiger partial charge in [-0.15, -0.1) is 0 Å². The molecule has 0 radical (unpaired) electrons. The Bertz CT molecular complexity index is 1230. The number of methoxy groups -OCH3 is 1. The average molecular weight is 457 g/mol. The number of carbonyl (C=O) groups excluding carboxylic acids is 2. The van der Waals surface area contributed by atoms with Crippen molar-refractivity contribution in [2.45, 2.75) is 19.6 Å². The summed E-state index contributed by atoms with van der Waals surface area (Å²) >= 11 is 0. The topological polar surface area (TPSA) is 110 Å². The van der Waals surface area contributed by atoms with Gasteiger partial charge in [0.2, 0.25) is 0 Å². The minimum absolute atomic E-state index is 0.126. The quantitative estimate of drug-likeness (QED) is 0.411. The molecule has 1 aromatic carbocycles. The molecule has 3 heterocycles. The van der Waals surface area contributed by atoms with Gasteiger partial charge in [-0.3, -0.25) is 19.6 Å². The molecule has 4 rings (SSSR count). The van der Waals surface area contributed by atoms with E-state index in [9.17, 15) is 9.59 Å². The number of hydrogen-bond acceptors (Lipinski definition) is 7. The number of nitrogens with zero attached hydrogens (tertiary/aromatic N) is 4. The van der Waals surface area contributed by atoms with Crippen LogP contribution in [0.2, 0.25) is 0 Å². The predicted octanol–water partition coefficient (Wildman–Crippen LogP) is 3.25. The van der Waals surface area contributed by atoms with Crippen LogP contribution in [0, 0.1) is 0 Å². The van der Waals surface area contributed by atoms with Gasteiger partial charge in [-0.25, -0.2) is 0 Å². The summed E-state index contributed by atoms with van der Waals surface area (Å²) < 4.78 is 10.5. The largest absolute Gasteiger partial charge is 0.497 e. The van der Waals surface area contributed by atoms with Crippen molar-refractivity contribution in [2.75, 3.05) is 7.11 Å². The van der Waals surface area contributed by atoms with Crippen LogP contribution < -0.4 is 10.1 Å². The van der Waals surface area contributed by atoms with Crippen LogP contribution in [0.15, 0.2) is 83.9 Å². The van der Waals surface area contributed by atoms with E-state index in [1.54, 1.807) is 42.7 Å². The van der Waals surface area contributed by atoms with Gasteiger partial charge in [0.25, 0.3) is 11.8 Å². The van der Waals surface area contributed by atoms with Gasteiger partial charge < -0.3 is 19.5 Å². The fraction of sp³-hybridized carbons (Fsp3) is 0.160. The van der Waals surface area contributed by atoms with Crippen LogP contribution in [0.3, 0.4) is 0 Å². The third-order valence-electron chi connectivity index (χ3n) is 5.04. The number of benzene rings is 1. The zero-order valence-electron chi connectivity index (χ0n) is 18.5. The van der Waals surface area contributed by atoms with E-state index >= 15 is 0 Å². The third kappa shape index (κ3) is 5.83. The van der Waals surface area contributed by atoms with E-state index in [4.69, 9.17) is 9.26 Å². The second-order valence-corrected chi connectivity index (χ2v) is 7.47. The monoisotopic (exact) mass is 457 g/mol. The number of rotatable bonds is 9. The zero-order valence-corrected chi connectivity index (χ0v) is 18.5.